The summed E-state index contributed by atoms with van der Waals surface area (Å²) in [7, 11) is 1.91. The van der Waals surface area contributed by atoms with E-state index in [0.29, 0.717) is 5.41 Å². The van der Waals surface area contributed by atoms with Crippen molar-refractivity contribution in [3.63, 3.8) is 0 Å². The van der Waals surface area contributed by atoms with Crippen molar-refractivity contribution in [1.82, 2.24) is 0 Å². The lowest BCUT2D eigenvalue weighted by Gasteiger charge is -2.43. The molecular formula is C32H49N. The SMILES string of the molecule is CC.CC(C)(C)C.CC(C)(C)C(C)(c1ccccc1)c1ccccc1.CNc1ccccc1. The minimum Gasteiger partial charge on any atom is -0.388 e. The highest BCUT2D eigenvalue weighted by molar-refractivity contribution is 5.41. The van der Waals surface area contributed by atoms with Gasteiger partial charge in [-0.2, -0.15) is 0 Å². The Kier molecular flexibility index (Phi) is 13.5. The Labute approximate surface area is 205 Å². The number of hydrogen-bond acceptors (Lipinski definition) is 1. The van der Waals surface area contributed by atoms with Gasteiger partial charge in [0.25, 0.3) is 0 Å². The maximum Gasteiger partial charge on any atom is 0.0337 e. The van der Waals surface area contributed by atoms with Crippen molar-refractivity contribution >= 4 is 5.69 Å². The average Bonchev–Trinajstić information content (AvgIpc) is 2.80. The Morgan fingerprint density at radius 1 is 0.485 bits per heavy atom. The van der Waals surface area contributed by atoms with E-state index in [9.17, 15) is 0 Å². The molecule has 0 radical (unpaired) electrons. The first kappa shape index (κ1) is 30.5. The quantitative estimate of drug-likeness (QED) is 0.421. The van der Waals surface area contributed by atoms with Gasteiger partial charge in [0.15, 0.2) is 0 Å². The van der Waals surface area contributed by atoms with Crippen LogP contribution in [0.3, 0.4) is 0 Å². The Bertz CT molecular complexity index is 792. The molecular weight excluding hydrogens is 398 g/mol. The molecule has 33 heavy (non-hydrogen) atoms. The fraction of sp³-hybridized carbons (Fsp3) is 0.438. The zero-order valence-electron chi connectivity index (χ0n) is 23.2. The molecule has 1 heteroatoms. The molecule has 0 aliphatic rings. The van der Waals surface area contributed by atoms with Crippen molar-refractivity contribution < 1.29 is 0 Å². The molecule has 182 valence electrons. The number of hydrogen-bond donors (Lipinski definition) is 1. The number of nitrogens with one attached hydrogen (secondary N) is 1. The van der Waals surface area contributed by atoms with Crippen molar-refractivity contribution in [2.45, 2.75) is 74.7 Å². The summed E-state index contributed by atoms with van der Waals surface area (Å²) >= 11 is 0. The molecule has 1 N–H and O–H groups in total. The minimum atomic E-state index is 0.0233. The summed E-state index contributed by atoms with van der Waals surface area (Å²) in [5.41, 5.74) is 4.60. The monoisotopic (exact) mass is 447 g/mol. The predicted octanol–water partition coefficient (Wildman–Crippen LogP) is 9.85. The van der Waals surface area contributed by atoms with Crippen molar-refractivity contribution in [2.75, 3.05) is 12.4 Å². The molecule has 3 aromatic carbocycles. The van der Waals surface area contributed by atoms with E-state index >= 15 is 0 Å². The topological polar surface area (TPSA) is 12.0 Å². The minimum absolute atomic E-state index is 0.0233. The number of benzene rings is 3. The van der Waals surface area contributed by atoms with Gasteiger partial charge in [0, 0.05) is 18.2 Å². The van der Waals surface area contributed by atoms with Crippen molar-refractivity contribution in [2.24, 2.45) is 10.8 Å². The van der Waals surface area contributed by atoms with Crippen LogP contribution in [0.15, 0.2) is 91.0 Å². The molecule has 0 saturated heterocycles. The van der Waals surface area contributed by atoms with Crippen LogP contribution in [0.4, 0.5) is 5.69 Å². The summed E-state index contributed by atoms with van der Waals surface area (Å²) in [5.74, 6) is 0. The molecule has 0 aromatic heterocycles. The van der Waals surface area contributed by atoms with Gasteiger partial charge in [0.2, 0.25) is 0 Å². The normalized spacial score (nSPS) is 10.9. The molecule has 0 spiro atoms. The molecule has 0 atom stereocenters. The van der Waals surface area contributed by atoms with Crippen LogP contribution in [-0.4, -0.2) is 7.05 Å². The van der Waals surface area contributed by atoms with Gasteiger partial charge in [-0.05, 0) is 34.1 Å². The lowest BCUT2D eigenvalue weighted by Crippen LogP contribution is -2.38. The van der Waals surface area contributed by atoms with E-state index in [2.05, 4.69) is 121 Å². The van der Waals surface area contributed by atoms with Crippen LogP contribution in [0.5, 0.6) is 0 Å². The average molecular weight is 448 g/mol. The second kappa shape index (κ2) is 14.6. The summed E-state index contributed by atoms with van der Waals surface area (Å²) < 4.78 is 0. The summed E-state index contributed by atoms with van der Waals surface area (Å²) in [6, 6.07) is 31.7. The molecule has 0 saturated carbocycles. The van der Waals surface area contributed by atoms with Gasteiger partial charge in [-0.3, -0.25) is 0 Å². The molecule has 0 fully saturated rings. The maximum absolute atomic E-state index is 3.03. The second-order valence-corrected chi connectivity index (χ2v) is 10.7. The first-order valence-electron chi connectivity index (χ1n) is 12.2. The third-order valence-corrected chi connectivity index (χ3v) is 5.26. The third kappa shape index (κ3) is 11.2. The molecule has 0 aliphatic carbocycles. The van der Waals surface area contributed by atoms with E-state index in [1.165, 1.54) is 11.1 Å². The molecule has 0 amide bonds. The highest BCUT2D eigenvalue weighted by atomic mass is 14.8. The van der Waals surface area contributed by atoms with E-state index in [4.69, 9.17) is 0 Å². The Morgan fingerprint density at radius 3 is 0.970 bits per heavy atom. The van der Waals surface area contributed by atoms with E-state index in [-0.39, 0.29) is 10.8 Å². The molecule has 0 bridgehead atoms. The van der Waals surface area contributed by atoms with E-state index in [0.717, 1.165) is 5.69 Å². The molecule has 3 rings (SSSR count). The van der Waals surface area contributed by atoms with Gasteiger partial charge in [0.1, 0.15) is 0 Å². The van der Waals surface area contributed by atoms with Gasteiger partial charge < -0.3 is 5.32 Å². The lowest BCUT2D eigenvalue weighted by molar-refractivity contribution is 0.249. The van der Waals surface area contributed by atoms with E-state index in [1.807, 2.05) is 51.2 Å². The standard InChI is InChI=1S/C18H22.C7H9N.C5H12.C2H6/c1-17(2,3)18(4,15-11-7-5-8-12-15)16-13-9-6-10-14-16;1-8-7-5-3-2-4-6-7;1-5(2,3)4;1-2/h5-14H,1-4H3;2-6,8H,1H3;1-4H3;1-2H3. The fourth-order valence-electron chi connectivity index (χ4n) is 3.18. The third-order valence-electron chi connectivity index (χ3n) is 5.26. The van der Waals surface area contributed by atoms with Gasteiger partial charge >= 0.3 is 0 Å². The molecule has 0 heterocycles. The molecule has 3 aromatic rings. The van der Waals surface area contributed by atoms with Gasteiger partial charge in [-0.15, -0.1) is 0 Å². The van der Waals surface area contributed by atoms with Crippen molar-refractivity contribution in [3.8, 4) is 0 Å². The van der Waals surface area contributed by atoms with Crippen LogP contribution >= 0.6 is 0 Å². The Hall–Kier alpha value is -2.54. The van der Waals surface area contributed by atoms with Crippen LogP contribution in [-0.2, 0) is 5.41 Å². The van der Waals surface area contributed by atoms with E-state index in [1.54, 1.807) is 0 Å². The second-order valence-electron chi connectivity index (χ2n) is 10.7. The zero-order chi connectivity index (χ0) is 25.5. The first-order valence-corrected chi connectivity index (χ1v) is 12.2. The first-order chi connectivity index (χ1) is 15.4. The summed E-state index contributed by atoms with van der Waals surface area (Å²) in [4.78, 5) is 0. The number of para-hydroxylation sites is 1. The fourth-order valence-corrected chi connectivity index (χ4v) is 3.18. The highest BCUT2D eigenvalue weighted by Crippen LogP contribution is 2.46. The molecule has 0 unspecified atom stereocenters. The van der Waals surface area contributed by atoms with E-state index < -0.39 is 0 Å². The zero-order valence-corrected chi connectivity index (χ0v) is 23.2. The molecule has 1 nitrogen and oxygen atoms in total. The van der Waals surface area contributed by atoms with Crippen LogP contribution in [0.25, 0.3) is 0 Å². The Morgan fingerprint density at radius 2 is 0.758 bits per heavy atom. The van der Waals surface area contributed by atoms with Crippen LogP contribution in [0, 0.1) is 10.8 Å². The van der Waals surface area contributed by atoms with Crippen molar-refractivity contribution in [1.29, 1.82) is 0 Å². The number of anilines is 1. The van der Waals surface area contributed by atoms with Crippen LogP contribution in [0.2, 0.25) is 0 Å². The predicted molar refractivity (Wildman–Crippen MR) is 151 cm³/mol. The Balaban J connectivity index is 0.000000564. The van der Waals surface area contributed by atoms with Gasteiger partial charge in [-0.25, -0.2) is 0 Å². The highest BCUT2D eigenvalue weighted by Gasteiger charge is 2.40. The summed E-state index contributed by atoms with van der Waals surface area (Å²) in [6.07, 6.45) is 0. The van der Waals surface area contributed by atoms with Gasteiger partial charge in [0.05, 0.1) is 0 Å². The smallest absolute Gasteiger partial charge is 0.0337 e. The lowest BCUT2D eigenvalue weighted by atomic mass is 9.60. The summed E-state index contributed by atoms with van der Waals surface area (Å²) in [6.45, 7) is 22.0. The van der Waals surface area contributed by atoms with Gasteiger partial charge in [-0.1, -0.05) is 148 Å². The largest absolute Gasteiger partial charge is 0.388 e. The molecule has 0 aliphatic heterocycles. The maximum atomic E-state index is 3.03. The number of rotatable bonds is 3. The van der Waals surface area contributed by atoms with Crippen LogP contribution < -0.4 is 5.32 Å². The van der Waals surface area contributed by atoms with Crippen molar-refractivity contribution in [3.05, 3.63) is 102 Å². The summed E-state index contributed by atoms with van der Waals surface area (Å²) in [5, 5.41) is 3.03. The van der Waals surface area contributed by atoms with Crippen LogP contribution in [0.1, 0.15) is 80.4 Å².